The Morgan fingerprint density at radius 3 is 1.85 bits per heavy atom. The predicted octanol–water partition coefficient (Wildman–Crippen LogP) is 9.22. The Morgan fingerprint density at radius 1 is 0.897 bits per heavy atom. The number of unbranched alkanes of at least 4 members (excludes halogenated alkanes) is 12. The zero-order chi connectivity index (χ0) is 28.9. The number of ether oxygens (including phenoxy) is 2. The topological polar surface area (TPSA) is 76.1 Å². The van der Waals surface area contributed by atoms with Gasteiger partial charge in [-0.1, -0.05) is 123 Å². The molecule has 6 nitrogen and oxygen atoms in total. The number of amides is 1. The molecule has 1 amide bonds. The Morgan fingerprint density at radius 2 is 1.38 bits per heavy atom. The summed E-state index contributed by atoms with van der Waals surface area (Å²) in [6.07, 6.45) is 14.9. The predicted molar refractivity (Wildman–Crippen MR) is 158 cm³/mol. The summed E-state index contributed by atoms with van der Waals surface area (Å²) in [6.45, 7) is 12.0. The first kappa shape index (κ1) is 33.1. The molecule has 1 aromatic carbocycles. The Hall–Kier alpha value is -2.08. The second kappa shape index (κ2) is 16.2. The van der Waals surface area contributed by atoms with Crippen LogP contribution in [0.5, 0.6) is 0 Å². The van der Waals surface area contributed by atoms with E-state index < -0.39 is 36.0 Å². The van der Waals surface area contributed by atoms with Gasteiger partial charge in [0.2, 0.25) is 0 Å². The standard InChI is InChI=1S/C33H55NO5/c1-7-8-9-10-11-12-13-14-15-16-17-18-22-25-27(38-30(35)26-23-20-19-21-24-26)28-29(32(2,3)4)39-33(5,6)34(28)31(36)37/h19-21,23-24,27-29H,7-18,22,25H2,1-6H3,(H,36,37)/t27-,28?,29?/m1/s1. The van der Waals surface area contributed by atoms with Gasteiger partial charge < -0.3 is 14.6 Å². The van der Waals surface area contributed by atoms with Crippen LogP contribution in [0.2, 0.25) is 0 Å². The van der Waals surface area contributed by atoms with Crippen LogP contribution in [-0.4, -0.2) is 46.0 Å². The van der Waals surface area contributed by atoms with Gasteiger partial charge in [-0.25, -0.2) is 9.59 Å². The molecule has 1 aliphatic rings. The molecule has 0 spiro atoms. The highest BCUT2D eigenvalue weighted by atomic mass is 16.6. The molecule has 1 N–H and O–H groups in total. The molecule has 0 radical (unpaired) electrons. The van der Waals surface area contributed by atoms with Gasteiger partial charge in [0, 0.05) is 0 Å². The number of benzene rings is 1. The lowest BCUT2D eigenvalue weighted by Crippen LogP contribution is -2.55. The average molecular weight is 546 g/mol. The highest BCUT2D eigenvalue weighted by molar-refractivity contribution is 5.89. The number of hydrogen-bond acceptors (Lipinski definition) is 4. The summed E-state index contributed by atoms with van der Waals surface area (Å²) in [6, 6.07) is 8.35. The summed E-state index contributed by atoms with van der Waals surface area (Å²) in [7, 11) is 0. The Labute approximate surface area is 237 Å². The molecule has 1 fully saturated rings. The molecule has 2 unspecified atom stereocenters. The van der Waals surface area contributed by atoms with Crippen LogP contribution in [0.15, 0.2) is 30.3 Å². The molecular formula is C33H55NO5. The highest BCUT2D eigenvalue weighted by Crippen LogP contribution is 2.43. The molecular weight excluding hydrogens is 490 g/mol. The summed E-state index contributed by atoms with van der Waals surface area (Å²) in [4.78, 5) is 26.9. The summed E-state index contributed by atoms with van der Waals surface area (Å²) < 4.78 is 12.4. The van der Waals surface area contributed by atoms with E-state index in [1.165, 1.54) is 69.1 Å². The van der Waals surface area contributed by atoms with Crippen LogP contribution in [-0.2, 0) is 9.47 Å². The van der Waals surface area contributed by atoms with Gasteiger partial charge in [0.15, 0.2) is 0 Å². The van der Waals surface area contributed by atoms with Crippen molar-refractivity contribution in [2.24, 2.45) is 5.41 Å². The lowest BCUT2D eigenvalue weighted by Gasteiger charge is -2.37. The molecule has 1 aromatic rings. The van der Waals surface area contributed by atoms with Crippen LogP contribution in [0.4, 0.5) is 4.79 Å². The van der Waals surface area contributed by atoms with E-state index in [0.717, 1.165) is 19.3 Å². The van der Waals surface area contributed by atoms with E-state index in [2.05, 4.69) is 6.92 Å². The van der Waals surface area contributed by atoms with Crippen LogP contribution >= 0.6 is 0 Å². The minimum atomic E-state index is -1.05. The van der Waals surface area contributed by atoms with Crippen molar-refractivity contribution in [3.05, 3.63) is 35.9 Å². The summed E-state index contributed by atoms with van der Waals surface area (Å²) in [5.74, 6) is -0.419. The fourth-order valence-corrected chi connectivity index (χ4v) is 5.78. The van der Waals surface area contributed by atoms with Crippen molar-refractivity contribution in [1.82, 2.24) is 4.90 Å². The first-order valence-corrected chi connectivity index (χ1v) is 15.4. The van der Waals surface area contributed by atoms with Gasteiger partial charge in [0.1, 0.15) is 17.9 Å². The molecule has 2 rings (SSSR count). The number of rotatable bonds is 17. The number of nitrogens with zero attached hydrogens (tertiary/aromatic N) is 1. The monoisotopic (exact) mass is 545 g/mol. The maximum Gasteiger partial charge on any atom is 0.410 e. The fraction of sp³-hybridized carbons (Fsp3) is 0.758. The SMILES string of the molecule is CCCCCCCCCCCCCCC[C@@H](OC(=O)c1ccccc1)C1C(C(C)(C)C)OC(C)(C)N1C(=O)O. The third kappa shape index (κ3) is 10.8. The van der Waals surface area contributed by atoms with Gasteiger partial charge in [0.25, 0.3) is 0 Å². The first-order chi connectivity index (χ1) is 18.5. The lowest BCUT2D eigenvalue weighted by molar-refractivity contribution is -0.0928. The van der Waals surface area contributed by atoms with Crippen molar-refractivity contribution in [1.29, 1.82) is 0 Å². The summed E-state index contributed by atoms with van der Waals surface area (Å²) >= 11 is 0. The summed E-state index contributed by atoms with van der Waals surface area (Å²) in [5.41, 5.74) is -0.873. The van der Waals surface area contributed by atoms with E-state index >= 15 is 0 Å². The Kier molecular flexibility index (Phi) is 13.8. The second-order valence-electron chi connectivity index (χ2n) is 12.8. The largest absolute Gasteiger partial charge is 0.465 e. The number of carbonyl (C=O) groups excluding carboxylic acids is 1. The van der Waals surface area contributed by atoms with Crippen LogP contribution in [0.25, 0.3) is 0 Å². The highest BCUT2D eigenvalue weighted by Gasteiger charge is 2.57. The van der Waals surface area contributed by atoms with E-state index in [4.69, 9.17) is 9.47 Å². The third-order valence-electron chi connectivity index (χ3n) is 7.90. The van der Waals surface area contributed by atoms with Crippen molar-refractivity contribution in [3.8, 4) is 0 Å². The molecule has 3 atom stereocenters. The van der Waals surface area contributed by atoms with Gasteiger partial charge in [-0.3, -0.25) is 4.90 Å². The molecule has 0 bridgehead atoms. The maximum absolute atomic E-state index is 13.1. The molecule has 39 heavy (non-hydrogen) atoms. The molecule has 1 heterocycles. The smallest absolute Gasteiger partial charge is 0.410 e. The zero-order valence-corrected chi connectivity index (χ0v) is 25.5. The summed E-state index contributed by atoms with van der Waals surface area (Å²) in [5, 5.41) is 10.2. The average Bonchev–Trinajstić information content (AvgIpc) is 3.18. The van der Waals surface area contributed by atoms with Gasteiger partial charge in [-0.2, -0.15) is 0 Å². The van der Waals surface area contributed by atoms with Crippen molar-refractivity contribution in [2.75, 3.05) is 0 Å². The molecule has 0 aliphatic carbocycles. The van der Waals surface area contributed by atoms with E-state index in [1.54, 1.807) is 38.1 Å². The quantitative estimate of drug-likeness (QED) is 0.156. The molecule has 0 saturated carbocycles. The molecule has 1 aliphatic heterocycles. The van der Waals surface area contributed by atoms with Crippen molar-refractivity contribution >= 4 is 12.1 Å². The van der Waals surface area contributed by atoms with Crippen molar-refractivity contribution in [3.63, 3.8) is 0 Å². The van der Waals surface area contributed by atoms with Gasteiger partial charge >= 0.3 is 12.1 Å². The van der Waals surface area contributed by atoms with E-state index in [1.807, 2.05) is 26.8 Å². The normalized spacial score (nSPS) is 19.7. The lowest BCUT2D eigenvalue weighted by atomic mass is 9.81. The van der Waals surface area contributed by atoms with Crippen LogP contribution < -0.4 is 0 Å². The van der Waals surface area contributed by atoms with Crippen LogP contribution in [0.1, 0.15) is 142 Å². The first-order valence-electron chi connectivity index (χ1n) is 15.4. The van der Waals surface area contributed by atoms with Crippen molar-refractivity contribution in [2.45, 2.75) is 155 Å². The maximum atomic E-state index is 13.1. The molecule has 222 valence electrons. The van der Waals surface area contributed by atoms with Crippen LogP contribution in [0.3, 0.4) is 0 Å². The zero-order valence-electron chi connectivity index (χ0n) is 25.5. The van der Waals surface area contributed by atoms with E-state index in [9.17, 15) is 14.7 Å². The fourth-order valence-electron chi connectivity index (χ4n) is 5.78. The number of esters is 1. The minimum Gasteiger partial charge on any atom is -0.465 e. The Bertz CT molecular complexity index is 847. The number of carboxylic acid groups (broad SMARTS) is 1. The molecule has 1 saturated heterocycles. The Balaban J connectivity index is 1.97. The second-order valence-corrected chi connectivity index (χ2v) is 12.8. The van der Waals surface area contributed by atoms with E-state index in [0.29, 0.717) is 12.0 Å². The third-order valence-corrected chi connectivity index (χ3v) is 7.90. The minimum absolute atomic E-state index is 0.334. The van der Waals surface area contributed by atoms with E-state index in [-0.39, 0.29) is 5.41 Å². The van der Waals surface area contributed by atoms with Gasteiger partial charge in [-0.15, -0.1) is 0 Å². The van der Waals surface area contributed by atoms with Gasteiger partial charge in [0.05, 0.1) is 11.7 Å². The number of hydrogen-bond donors (Lipinski definition) is 1. The molecule has 0 aromatic heterocycles. The van der Waals surface area contributed by atoms with Crippen molar-refractivity contribution < 1.29 is 24.2 Å². The number of carbonyl (C=O) groups is 2. The van der Waals surface area contributed by atoms with Crippen LogP contribution in [0, 0.1) is 5.41 Å². The van der Waals surface area contributed by atoms with Gasteiger partial charge in [-0.05, 0) is 44.2 Å². The molecule has 6 heteroatoms.